The largest absolute Gasteiger partial charge is 0.326 e. The van der Waals surface area contributed by atoms with E-state index < -0.39 is 0 Å². The first kappa shape index (κ1) is 9.48. The number of hydrogen-bond donors (Lipinski definition) is 1. The number of carbonyl (C=O) groups is 1. The van der Waals surface area contributed by atoms with Crippen LogP contribution in [0.4, 0.5) is 5.69 Å². The van der Waals surface area contributed by atoms with Gasteiger partial charge >= 0.3 is 0 Å². The van der Waals surface area contributed by atoms with Crippen LogP contribution in [0.2, 0.25) is 5.15 Å². The molecule has 64 valence electrons. The Morgan fingerprint density at radius 2 is 2.42 bits per heavy atom. The summed E-state index contributed by atoms with van der Waals surface area (Å²) < 4.78 is 0.729. The number of hydrogen-bond acceptors (Lipinski definition) is 2. The van der Waals surface area contributed by atoms with Gasteiger partial charge in [-0.15, -0.1) is 0 Å². The Labute approximate surface area is 83.3 Å². The van der Waals surface area contributed by atoms with Crippen LogP contribution < -0.4 is 5.32 Å². The number of anilines is 1. The minimum atomic E-state index is 0.399. The predicted molar refractivity (Wildman–Crippen MR) is 51.4 cm³/mol. The van der Waals surface area contributed by atoms with E-state index in [0.29, 0.717) is 22.9 Å². The molecule has 1 amide bonds. The van der Waals surface area contributed by atoms with E-state index in [9.17, 15) is 4.79 Å². The van der Waals surface area contributed by atoms with Gasteiger partial charge in [-0.1, -0.05) is 11.6 Å². The van der Waals surface area contributed by atoms with Crippen LogP contribution in [0.3, 0.4) is 0 Å². The monoisotopic (exact) mass is 248 g/mol. The Bertz CT molecular complexity index is 293. The van der Waals surface area contributed by atoms with Gasteiger partial charge in [-0.3, -0.25) is 4.79 Å². The molecule has 0 aromatic carbocycles. The van der Waals surface area contributed by atoms with Crippen molar-refractivity contribution in [1.82, 2.24) is 4.98 Å². The second-order valence-electron chi connectivity index (χ2n) is 2.15. The van der Waals surface area contributed by atoms with Gasteiger partial charge in [-0.25, -0.2) is 4.98 Å². The molecule has 1 heterocycles. The van der Waals surface area contributed by atoms with Crippen molar-refractivity contribution < 1.29 is 4.79 Å². The molecule has 0 fully saturated rings. The molecular formula is C7H6BrClN2O. The summed E-state index contributed by atoms with van der Waals surface area (Å²) >= 11 is 8.92. The Hall–Kier alpha value is -0.610. The lowest BCUT2D eigenvalue weighted by Crippen LogP contribution is -1.99. The summed E-state index contributed by atoms with van der Waals surface area (Å²) in [4.78, 5) is 14.1. The van der Waals surface area contributed by atoms with E-state index in [1.807, 2.05) is 0 Å². The normalized spacial score (nSPS) is 9.58. The van der Waals surface area contributed by atoms with Gasteiger partial charge in [0.05, 0.1) is 11.4 Å². The van der Waals surface area contributed by atoms with Crippen molar-refractivity contribution in [3.8, 4) is 0 Å². The first-order chi connectivity index (χ1) is 5.65. The number of pyridine rings is 1. The van der Waals surface area contributed by atoms with Crippen molar-refractivity contribution in [2.75, 3.05) is 5.32 Å². The Balaban J connectivity index is 3.18. The van der Waals surface area contributed by atoms with E-state index in [4.69, 9.17) is 11.6 Å². The Morgan fingerprint density at radius 3 is 2.92 bits per heavy atom. The Kier molecular flexibility index (Phi) is 3.05. The van der Waals surface area contributed by atoms with E-state index in [1.54, 1.807) is 13.0 Å². The summed E-state index contributed by atoms with van der Waals surface area (Å²) in [6, 6.07) is 1.63. The summed E-state index contributed by atoms with van der Waals surface area (Å²) in [6.07, 6.45) is 0.600. The molecule has 1 aromatic heterocycles. The molecule has 0 aliphatic rings. The van der Waals surface area contributed by atoms with Crippen molar-refractivity contribution >= 4 is 39.6 Å². The smallest absolute Gasteiger partial charge is 0.211 e. The molecule has 0 spiro atoms. The molecule has 0 saturated heterocycles. The number of nitrogens with one attached hydrogen (secondary N) is 1. The van der Waals surface area contributed by atoms with E-state index in [2.05, 4.69) is 26.2 Å². The molecule has 0 saturated carbocycles. The van der Waals surface area contributed by atoms with E-state index in [1.165, 1.54) is 0 Å². The molecular weight excluding hydrogens is 243 g/mol. The molecule has 1 aromatic rings. The molecule has 0 unspecified atom stereocenters. The molecule has 0 aliphatic heterocycles. The van der Waals surface area contributed by atoms with Gasteiger partial charge in [0.25, 0.3) is 0 Å². The van der Waals surface area contributed by atoms with Crippen LogP contribution >= 0.6 is 27.5 Å². The van der Waals surface area contributed by atoms with Crippen molar-refractivity contribution in [1.29, 1.82) is 0 Å². The molecule has 12 heavy (non-hydrogen) atoms. The van der Waals surface area contributed by atoms with Gasteiger partial charge in [0, 0.05) is 4.47 Å². The van der Waals surface area contributed by atoms with Gasteiger partial charge in [-0.05, 0) is 28.9 Å². The Morgan fingerprint density at radius 1 is 1.75 bits per heavy atom. The quantitative estimate of drug-likeness (QED) is 0.646. The third-order valence-corrected chi connectivity index (χ3v) is 2.14. The van der Waals surface area contributed by atoms with Crippen LogP contribution in [0.15, 0.2) is 10.5 Å². The zero-order valence-electron chi connectivity index (χ0n) is 6.27. The first-order valence-electron chi connectivity index (χ1n) is 3.18. The van der Waals surface area contributed by atoms with Crippen LogP contribution in [0.1, 0.15) is 5.69 Å². The lowest BCUT2D eigenvalue weighted by Gasteiger charge is -2.05. The number of nitrogens with zero attached hydrogens (tertiary/aromatic N) is 1. The average Bonchev–Trinajstić information content (AvgIpc) is 1.96. The van der Waals surface area contributed by atoms with Gasteiger partial charge in [0.1, 0.15) is 5.15 Å². The molecule has 5 heteroatoms. The van der Waals surface area contributed by atoms with Gasteiger partial charge in [-0.2, -0.15) is 0 Å². The lowest BCUT2D eigenvalue weighted by atomic mass is 10.3. The highest BCUT2D eigenvalue weighted by atomic mass is 79.9. The summed E-state index contributed by atoms with van der Waals surface area (Å²) in [5, 5.41) is 2.92. The zero-order valence-corrected chi connectivity index (χ0v) is 8.61. The third-order valence-electron chi connectivity index (χ3n) is 1.32. The minimum absolute atomic E-state index is 0.399. The second-order valence-corrected chi connectivity index (χ2v) is 3.39. The SMILES string of the molecule is Cc1nc(Cl)cc(Br)c1NC=O. The van der Waals surface area contributed by atoms with E-state index in [0.717, 1.165) is 4.47 Å². The average molecular weight is 249 g/mol. The fourth-order valence-electron chi connectivity index (χ4n) is 0.830. The summed E-state index contributed by atoms with van der Waals surface area (Å²) in [5.41, 5.74) is 1.33. The van der Waals surface area contributed by atoms with Crippen molar-refractivity contribution in [2.45, 2.75) is 6.92 Å². The van der Waals surface area contributed by atoms with Crippen LogP contribution in [0.25, 0.3) is 0 Å². The first-order valence-corrected chi connectivity index (χ1v) is 4.35. The van der Waals surface area contributed by atoms with Gasteiger partial charge < -0.3 is 5.32 Å². The number of aromatic nitrogens is 1. The third kappa shape index (κ3) is 1.95. The molecule has 0 aliphatic carbocycles. The minimum Gasteiger partial charge on any atom is -0.326 e. The van der Waals surface area contributed by atoms with Gasteiger partial charge in [0.15, 0.2) is 0 Å². The van der Waals surface area contributed by atoms with Crippen molar-refractivity contribution in [2.24, 2.45) is 0 Å². The number of carbonyl (C=O) groups excluding carboxylic acids is 1. The maximum Gasteiger partial charge on any atom is 0.211 e. The number of rotatable bonds is 2. The van der Waals surface area contributed by atoms with E-state index >= 15 is 0 Å². The summed E-state index contributed by atoms with van der Waals surface area (Å²) in [5.74, 6) is 0. The van der Waals surface area contributed by atoms with Crippen molar-refractivity contribution in [3.63, 3.8) is 0 Å². The maximum atomic E-state index is 10.2. The number of aryl methyl sites for hydroxylation is 1. The molecule has 1 N–H and O–H groups in total. The summed E-state index contributed by atoms with van der Waals surface area (Å²) in [7, 11) is 0. The highest BCUT2D eigenvalue weighted by Gasteiger charge is 2.05. The fraction of sp³-hybridized carbons (Fsp3) is 0.143. The molecule has 1 rings (SSSR count). The molecule has 0 bridgehead atoms. The van der Waals surface area contributed by atoms with E-state index in [-0.39, 0.29) is 0 Å². The molecule has 3 nitrogen and oxygen atoms in total. The van der Waals surface area contributed by atoms with Crippen LogP contribution in [-0.2, 0) is 4.79 Å². The van der Waals surface area contributed by atoms with Crippen LogP contribution in [0.5, 0.6) is 0 Å². The van der Waals surface area contributed by atoms with Crippen LogP contribution in [-0.4, -0.2) is 11.4 Å². The van der Waals surface area contributed by atoms with Crippen molar-refractivity contribution in [3.05, 3.63) is 21.4 Å². The maximum absolute atomic E-state index is 10.2. The predicted octanol–water partition coefficient (Wildman–Crippen LogP) is 2.37. The topological polar surface area (TPSA) is 42.0 Å². The fourth-order valence-corrected chi connectivity index (χ4v) is 1.82. The van der Waals surface area contributed by atoms with Gasteiger partial charge in [0.2, 0.25) is 6.41 Å². The highest BCUT2D eigenvalue weighted by molar-refractivity contribution is 9.10. The summed E-state index contributed by atoms with van der Waals surface area (Å²) in [6.45, 7) is 1.77. The lowest BCUT2D eigenvalue weighted by molar-refractivity contribution is -0.105. The number of halogens is 2. The molecule has 0 radical (unpaired) electrons. The molecule has 0 atom stereocenters. The second kappa shape index (κ2) is 3.87. The zero-order chi connectivity index (χ0) is 9.14. The standard InChI is InChI=1S/C7H6BrClN2O/c1-4-7(10-3-12)5(8)2-6(9)11-4/h2-3H,1H3,(H,10,12). The number of amides is 1. The van der Waals surface area contributed by atoms with Crippen LogP contribution in [0, 0.1) is 6.92 Å². The highest BCUT2D eigenvalue weighted by Crippen LogP contribution is 2.26.